The van der Waals surface area contributed by atoms with E-state index in [4.69, 9.17) is 0 Å². The smallest absolute Gasteiger partial charge is 0.233 e. The van der Waals surface area contributed by atoms with Gasteiger partial charge in [-0.3, -0.25) is 9.78 Å². The van der Waals surface area contributed by atoms with Gasteiger partial charge in [0.15, 0.2) is 0 Å². The third-order valence-corrected chi connectivity index (χ3v) is 2.95. The SMILES string of the molecule is CC(C)C(S)C(=O)NCc1ccncc1. The summed E-state index contributed by atoms with van der Waals surface area (Å²) < 4.78 is 0. The van der Waals surface area contributed by atoms with Crippen molar-refractivity contribution in [3.8, 4) is 0 Å². The van der Waals surface area contributed by atoms with Crippen LogP contribution in [0, 0.1) is 5.92 Å². The van der Waals surface area contributed by atoms with Crippen LogP contribution in [0.15, 0.2) is 24.5 Å². The van der Waals surface area contributed by atoms with Crippen molar-refractivity contribution in [1.82, 2.24) is 10.3 Å². The molecule has 1 aromatic rings. The number of hydrogen-bond donors (Lipinski definition) is 2. The molecule has 1 heterocycles. The van der Waals surface area contributed by atoms with Crippen molar-refractivity contribution in [2.45, 2.75) is 25.6 Å². The Morgan fingerprint density at radius 1 is 1.47 bits per heavy atom. The second-order valence-electron chi connectivity index (χ2n) is 3.76. The van der Waals surface area contributed by atoms with Crippen LogP contribution in [-0.4, -0.2) is 16.1 Å². The van der Waals surface area contributed by atoms with E-state index in [1.54, 1.807) is 12.4 Å². The largest absolute Gasteiger partial charge is 0.351 e. The van der Waals surface area contributed by atoms with E-state index in [9.17, 15) is 4.79 Å². The number of rotatable bonds is 4. The topological polar surface area (TPSA) is 42.0 Å². The fourth-order valence-electron chi connectivity index (χ4n) is 1.10. The summed E-state index contributed by atoms with van der Waals surface area (Å²) in [6, 6.07) is 3.76. The number of nitrogens with zero attached hydrogens (tertiary/aromatic N) is 1. The molecule has 15 heavy (non-hydrogen) atoms. The van der Waals surface area contributed by atoms with Gasteiger partial charge in [0, 0.05) is 18.9 Å². The van der Waals surface area contributed by atoms with Crippen molar-refractivity contribution in [2.75, 3.05) is 0 Å². The first-order valence-electron chi connectivity index (χ1n) is 4.96. The Morgan fingerprint density at radius 3 is 2.60 bits per heavy atom. The van der Waals surface area contributed by atoms with E-state index < -0.39 is 0 Å². The maximum Gasteiger partial charge on any atom is 0.233 e. The molecule has 1 rings (SSSR count). The van der Waals surface area contributed by atoms with Gasteiger partial charge in [0.25, 0.3) is 0 Å². The number of hydrogen-bond acceptors (Lipinski definition) is 3. The van der Waals surface area contributed by atoms with Crippen molar-refractivity contribution in [1.29, 1.82) is 0 Å². The lowest BCUT2D eigenvalue weighted by Gasteiger charge is -2.14. The van der Waals surface area contributed by atoms with Gasteiger partial charge in [-0.05, 0) is 23.6 Å². The summed E-state index contributed by atoms with van der Waals surface area (Å²) in [6.07, 6.45) is 3.42. The van der Waals surface area contributed by atoms with E-state index >= 15 is 0 Å². The van der Waals surface area contributed by atoms with Crippen LogP contribution in [-0.2, 0) is 11.3 Å². The van der Waals surface area contributed by atoms with E-state index in [-0.39, 0.29) is 17.1 Å². The summed E-state index contributed by atoms with van der Waals surface area (Å²) in [5.41, 5.74) is 1.04. The summed E-state index contributed by atoms with van der Waals surface area (Å²) in [4.78, 5) is 15.5. The molecule has 0 radical (unpaired) electrons. The fraction of sp³-hybridized carbons (Fsp3) is 0.455. The van der Waals surface area contributed by atoms with Gasteiger partial charge in [0.2, 0.25) is 5.91 Å². The average molecular weight is 224 g/mol. The van der Waals surface area contributed by atoms with Crippen molar-refractivity contribution in [2.24, 2.45) is 5.92 Å². The molecule has 0 aliphatic rings. The molecule has 0 saturated carbocycles. The van der Waals surface area contributed by atoms with Gasteiger partial charge in [-0.15, -0.1) is 0 Å². The van der Waals surface area contributed by atoms with Gasteiger partial charge in [-0.2, -0.15) is 12.6 Å². The van der Waals surface area contributed by atoms with Crippen LogP contribution in [0.1, 0.15) is 19.4 Å². The second kappa shape index (κ2) is 5.75. The van der Waals surface area contributed by atoms with Gasteiger partial charge < -0.3 is 5.32 Å². The van der Waals surface area contributed by atoms with E-state index in [0.29, 0.717) is 6.54 Å². The van der Waals surface area contributed by atoms with E-state index in [0.717, 1.165) is 5.56 Å². The predicted octanol–water partition coefficient (Wildman–Crippen LogP) is 1.65. The van der Waals surface area contributed by atoms with Crippen LogP contribution in [0.3, 0.4) is 0 Å². The minimum Gasteiger partial charge on any atom is -0.351 e. The Kier molecular flexibility index (Phi) is 4.62. The van der Waals surface area contributed by atoms with Crippen LogP contribution >= 0.6 is 12.6 Å². The molecule has 82 valence electrons. The Labute approximate surface area is 95.7 Å². The summed E-state index contributed by atoms with van der Waals surface area (Å²) >= 11 is 4.24. The zero-order chi connectivity index (χ0) is 11.3. The molecule has 0 fully saturated rings. The number of pyridine rings is 1. The molecular weight excluding hydrogens is 208 g/mol. The molecule has 0 bridgehead atoms. The summed E-state index contributed by atoms with van der Waals surface area (Å²) in [6.45, 7) is 4.48. The monoisotopic (exact) mass is 224 g/mol. The first-order valence-corrected chi connectivity index (χ1v) is 5.47. The highest BCUT2D eigenvalue weighted by Gasteiger charge is 2.16. The minimum atomic E-state index is -0.244. The number of aromatic nitrogens is 1. The first-order chi connectivity index (χ1) is 7.11. The molecule has 1 aromatic heterocycles. The quantitative estimate of drug-likeness (QED) is 0.764. The summed E-state index contributed by atoms with van der Waals surface area (Å²) in [5.74, 6) is 0.218. The van der Waals surface area contributed by atoms with Gasteiger partial charge in [-0.1, -0.05) is 13.8 Å². The summed E-state index contributed by atoms with van der Waals surface area (Å²) in [5, 5.41) is 2.59. The maximum atomic E-state index is 11.6. The highest BCUT2D eigenvalue weighted by molar-refractivity contribution is 7.81. The van der Waals surface area contributed by atoms with Crippen LogP contribution in [0.2, 0.25) is 0 Å². The average Bonchev–Trinajstić information content (AvgIpc) is 2.26. The highest BCUT2D eigenvalue weighted by atomic mass is 32.1. The lowest BCUT2D eigenvalue weighted by molar-refractivity contribution is -0.121. The molecule has 0 saturated heterocycles. The molecule has 4 heteroatoms. The third kappa shape index (κ3) is 3.91. The number of thiol groups is 1. The number of carbonyl (C=O) groups is 1. The van der Waals surface area contributed by atoms with Crippen LogP contribution in [0.25, 0.3) is 0 Å². The second-order valence-corrected chi connectivity index (χ2v) is 4.32. The Hall–Kier alpha value is -1.03. The molecule has 0 aliphatic heterocycles. The van der Waals surface area contributed by atoms with Crippen LogP contribution in [0.5, 0.6) is 0 Å². The van der Waals surface area contributed by atoms with Crippen molar-refractivity contribution in [3.05, 3.63) is 30.1 Å². The summed E-state index contributed by atoms with van der Waals surface area (Å²) in [7, 11) is 0. The number of amides is 1. The molecule has 1 atom stereocenters. The Morgan fingerprint density at radius 2 is 2.07 bits per heavy atom. The maximum absolute atomic E-state index is 11.6. The Bertz CT molecular complexity index is 314. The van der Waals surface area contributed by atoms with Crippen molar-refractivity contribution >= 4 is 18.5 Å². The molecule has 1 N–H and O–H groups in total. The van der Waals surface area contributed by atoms with Crippen LogP contribution in [0.4, 0.5) is 0 Å². The van der Waals surface area contributed by atoms with E-state index in [1.165, 1.54) is 0 Å². The molecular formula is C11H16N2OS. The van der Waals surface area contributed by atoms with Gasteiger partial charge >= 0.3 is 0 Å². The molecule has 0 spiro atoms. The van der Waals surface area contributed by atoms with Crippen LogP contribution < -0.4 is 5.32 Å². The van der Waals surface area contributed by atoms with Gasteiger partial charge in [0.05, 0.1) is 5.25 Å². The molecule has 0 aliphatic carbocycles. The minimum absolute atomic E-state index is 0.0230. The highest BCUT2D eigenvalue weighted by Crippen LogP contribution is 2.08. The fourth-order valence-corrected chi connectivity index (χ4v) is 1.19. The van der Waals surface area contributed by atoms with Gasteiger partial charge in [-0.25, -0.2) is 0 Å². The zero-order valence-corrected chi connectivity index (χ0v) is 9.87. The standard InChI is InChI=1S/C11H16N2OS/c1-8(2)10(15)11(14)13-7-9-3-5-12-6-4-9/h3-6,8,10,15H,7H2,1-2H3,(H,13,14). The normalized spacial score (nSPS) is 12.5. The lowest BCUT2D eigenvalue weighted by Crippen LogP contribution is -2.33. The molecule has 1 unspecified atom stereocenters. The van der Waals surface area contributed by atoms with Crippen molar-refractivity contribution in [3.63, 3.8) is 0 Å². The molecule has 3 nitrogen and oxygen atoms in total. The van der Waals surface area contributed by atoms with E-state index in [1.807, 2.05) is 26.0 Å². The molecule has 1 amide bonds. The zero-order valence-electron chi connectivity index (χ0n) is 8.97. The lowest BCUT2D eigenvalue weighted by atomic mass is 10.1. The number of carbonyl (C=O) groups excluding carboxylic acids is 1. The van der Waals surface area contributed by atoms with E-state index in [2.05, 4.69) is 22.9 Å². The van der Waals surface area contributed by atoms with Crippen molar-refractivity contribution < 1.29 is 4.79 Å². The van der Waals surface area contributed by atoms with Gasteiger partial charge in [0.1, 0.15) is 0 Å². The predicted molar refractivity (Wildman–Crippen MR) is 63.7 cm³/mol. The number of nitrogens with one attached hydrogen (secondary N) is 1. The Balaban J connectivity index is 2.41. The first kappa shape index (κ1) is 12.0. The molecule has 0 aromatic carbocycles. The third-order valence-electron chi connectivity index (χ3n) is 2.12.